The lowest BCUT2D eigenvalue weighted by Crippen LogP contribution is -1.97. The summed E-state index contributed by atoms with van der Waals surface area (Å²) in [6, 6.07) is 11.6. The second-order valence-electron chi connectivity index (χ2n) is 5.70. The number of hydrogen-bond acceptors (Lipinski definition) is 3. The van der Waals surface area contributed by atoms with E-state index in [0.29, 0.717) is 11.5 Å². The lowest BCUT2D eigenvalue weighted by atomic mass is 10.1. The van der Waals surface area contributed by atoms with Crippen LogP contribution >= 0.6 is 0 Å². The van der Waals surface area contributed by atoms with Crippen molar-refractivity contribution in [3.05, 3.63) is 64.7 Å². The van der Waals surface area contributed by atoms with E-state index in [0.717, 1.165) is 34.2 Å². The molecule has 3 aromatic rings. The molecule has 0 unspecified atom stereocenters. The summed E-state index contributed by atoms with van der Waals surface area (Å²) in [6.45, 7) is 3.93. The second-order valence-corrected chi connectivity index (χ2v) is 5.70. The lowest BCUT2D eigenvalue weighted by molar-refractivity contribution is 0.102. The zero-order chi connectivity index (χ0) is 17.3. The molecule has 0 N–H and O–H groups in total. The molecule has 0 bridgehead atoms. The molecule has 0 radical (unpaired) electrons. The van der Waals surface area contributed by atoms with Gasteiger partial charge in [-0.25, -0.2) is 0 Å². The predicted molar refractivity (Wildman–Crippen MR) is 93.8 cm³/mol. The number of aryl methyl sites for hydroxylation is 1. The van der Waals surface area contributed by atoms with E-state index in [1.54, 1.807) is 12.1 Å². The van der Waals surface area contributed by atoms with Crippen LogP contribution in [0.25, 0.3) is 17.0 Å². The molecule has 1 aromatic carbocycles. The van der Waals surface area contributed by atoms with Crippen molar-refractivity contribution in [2.24, 2.45) is 7.05 Å². The van der Waals surface area contributed by atoms with Gasteiger partial charge >= 0.3 is 0 Å². The molecular formula is C20H18N2O2. The fraction of sp³-hybridized carbons (Fsp3) is 0.200. The van der Waals surface area contributed by atoms with E-state index in [1.807, 2.05) is 49.7 Å². The van der Waals surface area contributed by atoms with Gasteiger partial charge in [-0.3, -0.25) is 4.79 Å². The number of carbonyl (C=O) groups excluding carboxylic acids is 1. The Morgan fingerprint density at radius 3 is 2.79 bits per heavy atom. The fourth-order valence-corrected chi connectivity index (χ4v) is 2.89. The number of allylic oxidation sites excluding steroid dienone is 1. The highest BCUT2D eigenvalue weighted by Crippen LogP contribution is 2.27. The molecule has 24 heavy (non-hydrogen) atoms. The molecule has 0 aliphatic carbocycles. The summed E-state index contributed by atoms with van der Waals surface area (Å²) in [5.41, 5.74) is 4.03. The van der Waals surface area contributed by atoms with E-state index < -0.39 is 0 Å². The Morgan fingerprint density at radius 2 is 2.12 bits per heavy atom. The van der Waals surface area contributed by atoms with Crippen molar-refractivity contribution in [1.29, 1.82) is 5.26 Å². The van der Waals surface area contributed by atoms with Gasteiger partial charge in [0.15, 0.2) is 5.76 Å². The molecule has 2 heterocycles. The number of hydrogen-bond donors (Lipinski definition) is 0. The molecule has 0 atom stereocenters. The number of ketones is 1. The van der Waals surface area contributed by atoms with Crippen LogP contribution in [-0.2, 0) is 13.5 Å². The molecule has 120 valence electrons. The normalized spacial score (nSPS) is 11.2. The molecule has 0 saturated carbocycles. The van der Waals surface area contributed by atoms with Gasteiger partial charge in [0, 0.05) is 23.7 Å². The first-order chi connectivity index (χ1) is 11.6. The molecular weight excluding hydrogens is 300 g/mol. The van der Waals surface area contributed by atoms with E-state index in [4.69, 9.17) is 9.68 Å². The van der Waals surface area contributed by atoms with Crippen LogP contribution in [0.4, 0.5) is 0 Å². The van der Waals surface area contributed by atoms with Gasteiger partial charge in [-0.05, 0) is 43.2 Å². The van der Waals surface area contributed by atoms with Crippen molar-refractivity contribution < 1.29 is 9.21 Å². The molecule has 0 fully saturated rings. The zero-order valence-corrected chi connectivity index (χ0v) is 14.0. The van der Waals surface area contributed by atoms with Gasteiger partial charge in [0.05, 0.1) is 0 Å². The number of aromatic nitrogens is 1. The van der Waals surface area contributed by atoms with Crippen LogP contribution in [0.2, 0.25) is 0 Å². The van der Waals surface area contributed by atoms with E-state index in [2.05, 4.69) is 6.07 Å². The molecule has 4 heteroatoms. The maximum Gasteiger partial charge on any atom is 0.221 e. The second kappa shape index (κ2) is 6.21. The summed E-state index contributed by atoms with van der Waals surface area (Å²) in [6.07, 6.45) is 3.99. The van der Waals surface area contributed by atoms with Crippen molar-refractivity contribution in [3.8, 4) is 6.07 Å². The third kappa shape index (κ3) is 2.55. The topological polar surface area (TPSA) is 58.9 Å². The molecule has 0 saturated heterocycles. The van der Waals surface area contributed by atoms with E-state index in [9.17, 15) is 4.79 Å². The summed E-state index contributed by atoms with van der Waals surface area (Å²) in [7, 11) is 1.83. The van der Waals surface area contributed by atoms with Crippen LogP contribution in [0.1, 0.15) is 40.0 Å². The number of para-hydroxylation sites is 1. The van der Waals surface area contributed by atoms with Gasteiger partial charge in [-0.15, -0.1) is 0 Å². The number of furan rings is 1. The standard InChI is InChI=1S/C20H18N2O2/c1-4-16-17-7-5-6-8-19(17)24-20(16)18(23)10-9-14-11-15(12-21)22(3)13(14)2/h5-11H,4H2,1-3H3/b10-9+. The molecule has 4 nitrogen and oxygen atoms in total. The maximum atomic E-state index is 12.6. The minimum Gasteiger partial charge on any atom is -0.452 e. The van der Waals surface area contributed by atoms with Gasteiger partial charge in [0.1, 0.15) is 17.3 Å². The van der Waals surface area contributed by atoms with Crippen molar-refractivity contribution in [1.82, 2.24) is 4.57 Å². The molecule has 0 aliphatic heterocycles. The SMILES string of the molecule is CCc1c(C(=O)/C=C/c2cc(C#N)n(C)c2C)oc2ccccc12. The van der Waals surface area contributed by atoms with Crippen LogP contribution in [0.15, 0.2) is 40.8 Å². The van der Waals surface area contributed by atoms with Gasteiger partial charge in [0.25, 0.3) is 0 Å². The summed E-state index contributed by atoms with van der Waals surface area (Å²) >= 11 is 0. The van der Waals surface area contributed by atoms with E-state index >= 15 is 0 Å². The highest BCUT2D eigenvalue weighted by Gasteiger charge is 2.17. The van der Waals surface area contributed by atoms with Crippen LogP contribution in [0, 0.1) is 18.3 Å². The number of benzene rings is 1. The maximum absolute atomic E-state index is 12.6. The fourth-order valence-electron chi connectivity index (χ4n) is 2.89. The van der Waals surface area contributed by atoms with Crippen LogP contribution in [0.5, 0.6) is 0 Å². The Morgan fingerprint density at radius 1 is 1.38 bits per heavy atom. The number of rotatable bonds is 4. The first-order valence-corrected chi connectivity index (χ1v) is 7.86. The average Bonchev–Trinajstić information content (AvgIpc) is 3.11. The molecule has 2 aromatic heterocycles. The monoisotopic (exact) mass is 318 g/mol. The minimum atomic E-state index is -0.162. The van der Waals surface area contributed by atoms with Crippen LogP contribution < -0.4 is 0 Å². The summed E-state index contributed by atoms with van der Waals surface area (Å²) in [5, 5.41) is 10.1. The summed E-state index contributed by atoms with van der Waals surface area (Å²) in [4.78, 5) is 12.6. The molecule has 0 aliphatic rings. The lowest BCUT2D eigenvalue weighted by Gasteiger charge is -1.98. The Labute approximate surface area is 140 Å². The Balaban J connectivity index is 1.97. The predicted octanol–water partition coefficient (Wildman–Crippen LogP) is 4.41. The molecule has 0 spiro atoms. The number of fused-ring (bicyclic) bond motifs is 1. The third-order valence-corrected chi connectivity index (χ3v) is 4.38. The van der Waals surface area contributed by atoms with E-state index in [1.165, 1.54) is 6.08 Å². The Bertz CT molecular complexity index is 997. The van der Waals surface area contributed by atoms with Crippen molar-refractivity contribution in [2.45, 2.75) is 20.3 Å². The molecule has 3 rings (SSSR count). The first-order valence-electron chi connectivity index (χ1n) is 7.86. The highest BCUT2D eigenvalue weighted by molar-refractivity contribution is 6.08. The number of nitrogens with zero attached hydrogens (tertiary/aromatic N) is 2. The van der Waals surface area contributed by atoms with Crippen molar-refractivity contribution in [2.75, 3.05) is 0 Å². The Kier molecular flexibility index (Phi) is 4.09. The first kappa shape index (κ1) is 15.8. The van der Waals surface area contributed by atoms with Crippen molar-refractivity contribution >= 4 is 22.8 Å². The van der Waals surface area contributed by atoms with Gasteiger partial charge in [-0.2, -0.15) is 5.26 Å². The average molecular weight is 318 g/mol. The smallest absolute Gasteiger partial charge is 0.221 e. The number of carbonyl (C=O) groups is 1. The van der Waals surface area contributed by atoms with Gasteiger partial charge < -0.3 is 8.98 Å². The van der Waals surface area contributed by atoms with Crippen molar-refractivity contribution in [3.63, 3.8) is 0 Å². The van der Waals surface area contributed by atoms with E-state index in [-0.39, 0.29) is 5.78 Å². The third-order valence-electron chi connectivity index (χ3n) is 4.38. The largest absolute Gasteiger partial charge is 0.452 e. The Hall–Kier alpha value is -3.06. The summed E-state index contributed by atoms with van der Waals surface area (Å²) < 4.78 is 7.57. The number of nitriles is 1. The summed E-state index contributed by atoms with van der Waals surface area (Å²) in [5.74, 6) is 0.230. The highest BCUT2D eigenvalue weighted by atomic mass is 16.3. The quantitative estimate of drug-likeness (QED) is 0.529. The van der Waals surface area contributed by atoms with Gasteiger partial charge in [-0.1, -0.05) is 25.1 Å². The zero-order valence-electron chi connectivity index (χ0n) is 14.0. The van der Waals surface area contributed by atoms with Crippen LogP contribution in [0.3, 0.4) is 0 Å². The molecule has 0 amide bonds. The van der Waals surface area contributed by atoms with Crippen LogP contribution in [-0.4, -0.2) is 10.4 Å². The minimum absolute atomic E-state index is 0.162. The van der Waals surface area contributed by atoms with Gasteiger partial charge in [0.2, 0.25) is 5.78 Å².